The second-order valence-corrected chi connectivity index (χ2v) is 10.5. The summed E-state index contributed by atoms with van der Waals surface area (Å²) in [6.07, 6.45) is 6.53. The molecule has 3 amide bonds. The summed E-state index contributed by atoms with van der Waals surface area (Å²) in [7, 11) is 0. The Hall–Kier alpha value is -3.52. The lowest BCUT2D eigenvalue weighted by Gasteiger charge is -2.25. The number of carbonyl (C=O) groups excluding carboxylic acids is 3. The molecular formula is C29H48N8O5. The molecule has 13 heteroatoms. The van der Waals surface area contributed by atoms with E-state index >= 15 is 0 Å². The number of benzene rings is 1. The molecule has 4 unspecified atom stereocenters. The average Bonchev–Trinajstić information content (AvgIpc) is 3.38. The maximum Gasteiger partial charge on any atom is 0.326 e. The Balaban J connectivity index is 2.27. The van der Waals surface area contributed by atoms with Gasteiger partial charge in [0.05, 0.1) is 6.04 Å². The number of nitrogens with one attached hydrogen (secondary N) is 4. The number of amides is 3. The number of aliphatic carboxylic acids is 1. The van der Waals surface area contributed by atoms with E-state index in [4.69, 9.17) is 22.9 Å². The van der Waals surface area contributed by atoms with Crippen molar-refractivity contribution < 1.29 is 24.3 Å². The Labute approximate surface area is 246 Å². The lowest BCUT2D eigenvalue weighted by Crippen LogP contribution is -2.57. The van der Waals surface area contributed by atoms with Crippen molar-refractivity contribution in [1.82, 2.24) is 20.9 Å². The molecule has 234 valence electrons. The molecule has 0 bridgehead atoms. The molecule has 2 rings (SSSR count). The minimum absolute atomic E-state index is 0.0960. The monoisotopic (exact) mass is 588 g/mol. The number of unbranched alkanes of at least 4 members (excludes halogenated alkanes) is 3. The van der Waals surface area contributed by atoms with E-state index < -0.39 is 47.9 Å². The lowest BCUT2D eigenvalue weighted by molar-refractivity contribution is -0.142. The van der Waals surface area contributed by atoms with Gasteiger partial charge in [0.2, 0.25) is 17.7 Å². The maximum absolute atomic E-state index is 13.6. The molecule has 1 heterocycles. The standard InChI is InChI=1S/C29H48N8O5/c30-14-6-3-10-21(33)26(38)35-23(12-4-7-15-31)27(39)37-25(17-19-18-34-22-11-2-1-9-20(19)22)28(40)36-24(29(41)42)13-5-8-16-32/h1-2,9,11,18,21,23-25,34H,3-8,10,12-17,30-33H2,(H,35,38)(H,36,40)(H,37,39)(H,41,42). The van der Waals surface area contributed by atoms with Crippen LogP contribution in [0.25, 0.3) is 10.9 Å². The average molecular weight is 589 g/mol. The van der Waals surface area contributed by atoms with Gasteiger partial charge >= 0.3 is 5.97 Å². The van der Waals surface area contributed by atoms with E-state index in [9.17, 15) is 24.3 Å². The molecule has 1 aromatic heterocycles. The number of para-hydroxylation sites is 1. The first-order valence-corrected chi connectivity index (χ1v) is 14.8. The van der Waals surface area contributed by atoms with Crippen LogP contribution in [-0.2, 0) is 25.6 Å². The number of fused-ring (bicyclic) bond motifs is 1. The number of rotatable bonds is 21. The summed E-state index contributed by atoms with van der Waals surface area (Å²) in [6.45, 7) is 1.33. The zero-order chi connectivity index (χ0) is 30.9. The first-order valence-electron chi connectivity index (χ1n) is 14.8. The molecule has 0 aliphatic rings. The minimum atomic E-state index is -1.17. The lowest BCUT2D eigenvalue weighted by atomic mass is 10.0. The van der Waals surface area contributed by atoms with Crippen LogP contribution in [0.15, 0.2) is 30.5 Å². The summed E-state index contributed by atoms with van der Waals surface area (Å²) in [6, 6.07) is 3.52. The van der Waals surface area contributed by atoms with Gasteiger partial charge in [-0.3, -0.25) is 14.4 Å². The third-order valence-electron chi connectivity index (χ3n) is 7.18. The summed E-state index contributed by atoms with van der Waals surface area (Å²) in [4.78, 5) is 54.9. The zero-order valence-corrected chi connectivity index (χ0v) is 24.3. The van der Waals surface area contributed by atoms with E-state index in [0.717, 1.165) is 22.9 Å². The molecular weight excluding hydrogens is 540 g/mol. The molecule has 0 aliphatic carbocycles. The van der Waals surface area contributed by atoms with Crippen molar-refractivity contribution in [2.75, 3.05) is 19.6 Å². The second kappa shape index (κ2) is 18.8. The van der Waals surface area contributed by atoms with Gasteiger partial charge < -0.3 is 49.0 Å². The van der Waals surface area contributed by atoms with Crippen LogP contribution in [0, 0.1) is 0 Å². The summed E-state index contributed by atoms with van der Waals surface area (Å²) in [5, 5.41) is 18.7. The summed E-state index contributed by atoms with van der Waals surface area (Å²) < 4.78 is 0. The molecule has 0 aliphatic heterocycles. The molecule has 0 saturated heterocycles. The fourth-order valence-electron chi connectivity index (χ4n) is 4.70. The van der Waals surface area contributed by atoms with Gasteiger partial charge in [0.15, 0.2) is 0 Å². The van der Waals surface area contributed by atoms with Crippen molar-refractivity contribution in [3.05, 3.63) is 36.0 Å². The quantitative estimate of drug-likeness (QED) is 0.0887. The van der Waals surface area contributed by atoms with Gasteiger partial charge in [0, 0.05) is 23.5 Å². The summed E-state index contributed by atoms with van der Waals surface area (Å²) in [5.74, 6) is -2.85. The summed E-state index contributed by atoms with van der Waals surface area (Å²) in [5.41, 5.74) is 24.4. The van der Waals surface area contributed by atoms with Gasteiger partial charge in [-0.05, 0) is 82.6 Å². The van der Waals surface area contributed by atoms with Crippen molar-refractivity contribution >= 4 is 34.6 Å². The SMILES string of the molecule is NCCCCC(N)C(=O)NC(CCCCN)C(=O)NC(Cc1c[nH]c2ccccc12)C(=O)NC(CCCCN)C(=O)O. The van der Waals surface area contributed by atoms with Gasteiger partial charge in [-0.25, -0.2) is 4.79 Å². The Morgan fingerprint density at radius 2 is 1.24 bits per heavy atom. The first-order chi connectivity index (χ1) is 20.2. The van der Waals surface area contributed by atoms with Crippen molar-refractivity contribution in [2.45, 2.75) is 88.4 Å². The predicted molar refractivity (Wildman–Crippen MR) is 162 cm³/mol. The molecule has 0 fully saturated rings. The highest BCUT2D eigenvalue weighted by molar-refractivity contribution is 5.94. The number of aromatic amines is 1. The number of nitrogens with two attached hydrogens (primary N) is 4. The van der Waals surface area contributed by atoms with Crippen LogP contribution < -0.4 is 38.9 Å². The van der Waals surface area contributed by atoms with Crippen LogP contribution in [0.5, 0.6) is 0 Å². The highest BCUT2D eigenvalue weighted by Crippen LogP contribution is 2.19. The van der Waals surface area contributed by atoms with Gasteiger partial charge in [-0.2, -0.15) is 0 Å². The number of carboxylic acids is 1. The molecule has 13 nitrogen and oxygen atoms in total. The molecule has 0 saturated carbocycles. The fraction of sp³-hybridized carbons (Fsp3) is 0.586. The third kappa shape index (κ3) is 11.4. The number of carboxylic acid groups (broad SMARTS) is 1. The largest absolute Gasteiger partial charge is 0.480 e. The van der Waals surface area contributed by atoms with Crippen LogP contribution in [0.3, 0.4) is 0 Å². The zero-order valence-electron chi connectivity index (χ0n) is 24.3. The Morgan fingerprint density at radius 3 is 1.86 bits per heavy atom. The number of aromatic nitrogens is 1. The van der Waals surface area contributed by atoms with Crippen LogP contribution in [0.2, 0.25) is 0 Å². The minimum Gasteiger partial charge on any atom is -0.480 e. The van der Waals surface area contributed by atoms with Crippen molar-refractivity contribution in [3.63, 3.8) is 0 Å². The van der Waals surface area contributed by atoms with Gasteiger partial charge in [-0.15, -0.1) is 0 Å². The number of hydrogen-bond acceptors (Lipinski definition) is 8. The van der Waals surface area contributed by atoms with E-state index in [1.807, 2.05) is 24.3 Å². The molecule has 4 atom stereocenters. The van der Waals surface area contributed by atoms with Gasteiger partial charge in [0.25, 0.3) is 0 Å². The van der Waals surface area contributed by atoms with Crippen molar-refractivity contribution in [3.8, 4) is 0 Å². The van der Waals surface area contributed by atoms with E-state index in [0.29, 0.717) is 64.6 Å². The molecule has 2 aromatic rings. The van der Waals surface area contributed by atoms with Crippen molar-refractivity contribution in [2.24, 2.45) is 22.9 Å². The smallest absolute Gasteiger partial charge is 0.326 e. The predicted octanol–water partition coefficient (Wildman–Crippen LogP) is -0.0363. The molecule has 0 spiro atoms. The number of H-pyrrole nitrogens is 1. The van der Waals surface area contributed by atoms with E-state index in [2.05, 4.69) is 20.9 Å². The van der Waals surface area contributed by atoms with Crippen LogP contribution in [0.1, 0.15) is 63.4 Å². The highest BCUT2D eigenvalue weighted by Gasteiger charge is 2.30. The molecule has 42 heavy (non-hydrogen) atoms. The Morgan fingerprint density at radius 1 is 0.714 bits per heavy atom. The van der Waals surface area contributed by atoms with E-state index in [1.54, 1.807) is 6.20 Å². The molecule has 1 aromatic carbocycles. The second-order valence-electron chi connectivity index (χ2n) is 10.5. The first kappa shape index (κ1) is 34.7. The number of hydrogen-bond donors (Lipinski definition) is 9. The number of carbonyl (C=O) groups is 4. The van der Waals surface area contributed by atoms with Crippen LogP contribution in [0.4, 0.5) is 0 Å². The van der Waals surface area contributed by atoms with Gasteiger partial charge in [-0.1, -0.05) is 24.6 Å². The Kier molecular flexibility index (Phi) is 15.5. The summed E-state index contributed by atoms with van der Waals surface area (Å²) >= 11 is 0. The van der Waals surface area contributed by atoms with E-state index in [1.165, 1.54) is 0 Å². The molecule has 13 N–H and O–H groups in total. The molecule has 0 radical (unpaired) electrons. The highest BCUT2D eigenvalue weighted by atomic mass is 16.4. The third-order valence-corrected chi connectivity index (χ3v) is 7.18. The van der Waals surface area contributed by atoms with E-state index in [-0.39, 0.29) is 12.8 Å². The topological polar surface area (TPSA) is 244 Å². The van der Waals surface area contributed by atoms with Crippen LogP contribution in [-0.4, -0.2) is 77.6 Å². The van der Waals surface area contributed by atoms with Crippen LogP contribution >= 0.6 is 0 Å². The Bertz CT molecular complexity index is 1140. The maximum atomic E-state index is 13.6. The van der Waals surface area contributed by atoms with Crippen molar-refractivity contribution in [1.29, 1.82) is 0 Å². The normalized spacial score (nSPS) is 14.1. The fourth-order valence-corrected chi connectivity index (χ4v) is 4.70. The van der Waals surface area contributed by atoms with Gasteiger partial charge in [0.1, 0.15) is 18.1 Å².